The Kier molecular flexibility index (Phi) is 38.6. The summed E-state index contributed by atoms with van der Waals surface area (Å²) in [4.78, 5) is 0. The Hall–Kier alpha value is -1.42. The maximum absolute atomic E-state index is 5.78. The molecule has 51 heavy (non-hydrogen) atoms. The molecule has 0 saturated heterocycles. The summed E-state index contributed by atoms with van der Waals surface area (Å²) in [5.74, 6) is 0.888. The predicted octanol–water partition coefficient (Wildman–Crippen LogP) is 5.56. The molecule has 1 aromatic rings. The number of hydrogen-bond donors (Lipinski definition) is 0. The summed E-state index contributed by atoms with van der Waals surface area (Å²) in [6.45, 7) is 16.7. The van der Waals surface area contributed by atoms with Gasteiger partial charge in [0, 0.05) is 6.61 Å². The van der Waals surface area contributed by atoms with Crippen molar-refractivity contribution in [1.82, 2.24) is 0 Å². The van der Waals surface area contributed by atoms with E-state index in [1.54, 1.807) is 0 Å². The van der Waals surface area contributed by atoms with E-state index in [1.807, 2.05) is 6.92 Å². The van der Waals surface area contributed by atoms with Crippen LogP contribution in [0.1, 0.15) is 64.4 Å². The predicted molar refractivity (Wildman–Crippen MR) is 198 cm³/mol. The van der Waals surface area contributed by atoms with Crippen LogP contribution >= 0.6 is 0 Å². The van der Waals surface area contributed by atoms with Crippen molar-refractivity contribution in [2.75, 3.05) is 152 Å². The number of unbranched alkanes of at least 4 members (excludes halogenated alkanes) is 6. The number of ether oxygens (including phenoxy) is 12. The quantitative estimate of drug-likeness (QED) is 0.0785. The lowest BCUT2D eigenvalue weighted by Crippen LogP contribution is -2.15. The van der Waals surface area contributed by atoms with Crippen LogP contribution < -0.4 is 4.74 Å². The van der Waals surface area contributed by atoms with Crippen LogP contribution in [0.5, 0.6) is 5.75 Å². The third-order valence-electron chi connectivity index (χ3n) is 7.41. The SMILES string of the molecule is CCCCCCCCCc1ccc(OCCOCCOCCOCCOCCOCCOCCOCCOCCOCCOCCOCC)cc1. The molecule has 0 saturated carbocycles. The van der Waals surface area contributed by atoms with Gasteiger partial charge in [-0.2, -0.15) is 0 Å². The van der Waals surface area contributed by atoms with E-state index in [2.05, 4.69) is 31.2 Å². The summed E-state index contributed by atoms with van der Waals surface area (Å²) < 4.78 is 65.9. The maximum Gasteiger partial charge on any atom is 0.119 e. The van der Waals surface area contributed by atoms with E-state index in [-0.39, 0.29) is 0 Å². The molecule has 0 amide bonds. The molecule has 0 aliphatic rings. The topological polar surface area (TPSA) is 111 Å². The Morgan fingerprint density at radius 2 is 0.608 bits per heavy atom. The first-order valence-corrected chi connectivity index (χ1v) is 19.4. The van der Waals surface area contributed by atoms with Gasteiger partial charge in [-0.05, 0) is 37.5 Å². The van der Waals surface area contributed by atoms with Gasteiger partial charge < -0.3 is 56.8 Å². The van der Waals surface area contributed by atoms with Crippen molar-refractivity contribution in [2.45, 2.75) is 65.2 Å². The van der Waals surface area contributed by atoms with Gasteiger partial charge in [-0.15, -0.1) is 0 Å². The molecule has 1 rings (SSSR count). The second kappa shape index (κ2) is 41.3. The molecule has 0 heterocycles. The van der Waals surface area contributed by atoms with Crippen LogP contribution in [0.4, 0.5) is 0 Å². The van der Waals surface area contributed by atoms with E-state index in [0.29, 0.717) is 152 Å². The Bertz CT molecular complexity index is 786. The molecule has 0 fully saturated rings. The van der Waals surface area contributed by atoms with Crippen molar-refractivity contribution in [3.63, 3.8) is 0 Å². The minimum absolute atomic E-state index is 0.516. The first-order chi connectivity index (χ1) is 25.4. The number of aryl methyl sites for hydroxylation is 1. The molecule has 0 unspecified atom stereocenters. The summed E-state index contributed by atoms with van der Waals surface area (Å²) in [6, 6.07) is 8.46. The summed E-state index contributed by atoms with van der Waals surface area (Å²) in [6.07, 6.45) is 10.5. The van der Waals surface area contributed by atoms with Crippen LogP contribution in [0.25, 0.3) is 0 Å². The molecule has 0 N–H and O–H groups in total. The highest BCUT2D eigenvalue weighted by Crippen LogP contribution is 2.15. The Morgan fingerprint density at radius 3 is 0.941 bits per heavy atom. The molecule has 0 aliphatic heterocycles. The first kappa shape index (κ1) is 47.6. The van der Waals surface area contributed by atoms with Gasteiger partial charge in [0.25, 0.3) is 0 Å². The molecule has 0 bridgehead atoms. The minimum atomic E-state index is 0.516. The van der Waals surface area contributed by atoms with E-state index in [1.165, 1.54) is 50.5 Å². The third kappa shape index (κ3) is 36.7. The number of benzene rings is 1. The minimum Gasteiger partial charge on any atom is -0.491 e. The summed E-state index contributed by atoms with van der Waals surface area (Å²) >= 11 is 0. The van der Waals surface area contributed by atoms with Gasteiger partial charge in [0.05, 0.1) is 139 Å². The highest BCUT2D eigenvalue weighted by Gasteiger charge is 1.99. The van der Waals surface area contributed by atoms with E-state index in [4.69, 9.17) is 56.8 Å². The Morgan fingerprint density at radius 1 is 0.314 bits per heavy atom. The van der Waals surface area contributed by atoms with Crippen molar-refractivity contribution < 1.29 is 56.8 Å². The molecule has 0 radical (unpaired) electrons. The second-order valence-corrected chi connectivity index (χ2v) is 11.7. The fraction of sp³-hybridized carbons (Fsp3) is 0.846. The smallest absolute Gasteiger partial charge is 0.119 e. The number of hydrogen-bond acceptors (Lipinski definition) is 12. The first-order valence-electron chi connectivity index (χ1n) is 19.4. The molecule has 0 aromatic heterocycles. The molecular formula is C39H72O12. The fourth-order valence-electron chi connectivity index (χ4n) is 4.60. The number of rotatable bonds is 43. The van der Waals surface area contributed by atoms with Crippen LogP contribution in [0.3, 0.4) is 0 Å². The van der Waals surface area contributed by atoms with Crippen LogP contribution in [-0.4, -0.2) is 152 Å². The zero-order valence-electron chi connectivity index (χ0n) is 32.1. The second-order valence-electron chi connectivity index (χ2n) is 11.7. The van der Waals surface area contributed by atoms with Crippen molar-refractivity contribution in [3.8, 4) is 5.75 Å². The van der Waals surface area contributed by atoms with Crippen LogP contribution in [0, 0.1) is 0 Å². The molecule has 0 aliphatic carbocycles. The summed E-state index contributed by atoms with van der Waals surface area (Å²) in [5, 5.41) is 0. The van der Waals surface area contributed by atoms with Gasteiger partial charge in [0.1, 0.15) is 12.4 Å². The molecule has 0 spiro atoms. The molecule has 12 heteroatoms. The van der Waals surface area contributed by atoms with Gasteiger partial charge >= 0.3 is 0 Å². The third-order valence-corrected chi connectivity index (χ3v) is 7.41. The maximum atomic E-state index is 5.78. The Labute approximate surface area is 309 Å². The van der Waals surface area contributed by atoms with Gasteiger partial charge in [-0.3, -0.25) is 0 Å². The zero-order chi connectivity index (χ0) is 36.4. The monoisotopic (exact) mass is 733 g/mol. The molecule has 0 atom stereocenters. The fourth-order valence-corrected chi connectivity index (χ4v) is 4.60. The normalized spacial score (nSPS) is 11.5. The van der Waals surface area contributed by atoms with E-state index >= 15 is 0 Å². The van der Waals surface area contributed by atoms with Crippen LogP contribution in [0.2, 0.25) is 0 Å². The van der Waals surface area contributed by atoms with Crippen LogP contribution in [0.15, 0.2) is 24.3 Å². The van der Waals surface area contributed by atoms with Crippen molar-refractivity contribution >= 4 is 0 Å². The van der Waals surface area contributed by atoms with Gasteiger partial charge in [0.15, 0.2) is 0 Å². The van der Waals surface area contributed by atoms with E-state index in [9.17, 15) is 0 Å². The highest BCUT2D eigenvalue weighted by atomic mass is 16.6. The highest BCUT2D eigenvalue weighted by molar-refractivity contribution is 5.27. The van der Waals surface area contributed by atoms with E-state index in [0.717, 1.165) is 12.2 Å². The molecule has 300 valence electrons. The van der Waals surface area contributed by atoms with Crippen LogP contribution in [-0.2, 0) is 58.5 Å². The average molecular weight is 733 g/mol. The van der Waals surface area contributed by atoms with E-state index < -0.39 is 0 Å². The molecule has 12 nitrogen and oxygen atoms in total. The van der Waals surface area contributed by atoms with Gasteiger partial charge in [0.2, 0.25) is 0 Å². The average Bonchev–Trinajstić information content (AvgIpc) is 3.15. The summed E-state index contributed by atoms with van der Waals surface area (Å²) in [5.41, 5.74) is 1.38. The van der Waals surface area contributed by atoms with Crippen molar-refractivity contribution in [2.24, 2.45) is 0 Å². The van der Waals surface area contributed by atoms with Gasteiger partial charge in [-0.25, -0.2) is 0 Å². The molecular weight excluding hydrogens is 660 g/mol. The standard InChI is InChI=1S/C39H72O12/c1-3-5-6-7-8-9-10-11-38-12-14-39(15-13-38)51-37-36-50-35-34-49-33-32-48-31-30-47-29-28-46-27-26-45-25-24-44-23-22-43-21-20-42-19-18-41-17-16-40-4-2/h12-15H,3-11,16-37H2,1-2H3. The van der Waals surface area contributed by atoms with Crippen molar-refractivity contribution in [3.05, 3.63) is 29.8 Å². The summed E-state index contributed by atoms with van der Waals surface area (Å²) in [7, 11) is 0. The molecule has 1 aromatic carbocycles. The largest absolute Gasteiger partial charge is 0.491 e. The lowest BCUT2D eigenvalue weighted by atomic mass is 10.0. The Balaban J connectivity index is 1.69. The lowest BCUT2D eigenvalue weighted by Gasteiger charge is -2.09. The van der Waals surface area contributed by atoms with Gasteiger partial charge in [-0.1, -0.05) is 57.6 Å². The zero-order valence-corrected chi connectivity index (χ0v) is 32.1. The van der Waals surface area contributed by atoms with Crippen molar-refractivity contribution in [1.29, 1.82) is 0 Å². The lowest BCUT2D eigenvalue weighted by molar-refractivity contribution is -0.0276.